The van der Waals surface area contributed by atoms with E-state index in [4.69, 9.17) is 4.52 Å². The van der Waals surface area contributed by atoms with Gasteiger partial charge in [-0.05, 0) is 31.2 Å². The van der Waals surface area contributed by atoms with Crippen molar-refractivity contribution in [1.29, 1.82) is 0 Å². The molecule has 0 atom stereocenters. The van der Waals surface area contributed by atoms with Gasteiger partial charge in [-0.2, -0.15) is 0 Å². The Morgan fingerprint density at radius 2 is 1.70 bits per heavy atom. The molecule has 156 valence electrons. The summed E-state index contributed by atoms with van der Waals surface area (Å²) in [6.45, 7) is 6.78. The van der Waals surface area contributed by atoms with Crippen molar-refractivity contribution >= 4 is 28.9 Å². The van der Waals surface area contributed by atoms with Crippen LogP contribution in [-0.2, 0) is 0 Å². The Hall–Kier alpha value is -2.94. The molecular weight excluding hydrogens is 400 g/mol. The molecule has 0 bridgehead atoms. The predicted octanol–water partition coefficient (Wildman–Crippen LogP) is 3.06. The maximum Gasteiger partial charge on any atom is 0.276 e. The van der Waals surface area contributed by atoms with Crippen LogP contribution >= 0.6 is 11.3 Å². The van der Waals surface area contributed by atoms with Gasteiger partial charge in [0.15, 0.2) is 11.5 Å². The zero-order valence-electron chi connectivity index (χ0n) is 17.0. The van der Waals surface area contributed by atoms with Gasteiger partial charge in [0.25, 0.3) is 5.91 Å². The third kappa shape index (κ3) is 3.77. The van der Waals surface area contributed by atoms with Crippen molar-refractivity contribution in [2.24, 2.45) is 0 Å². The molecule has 2 aliphatic rings. The second-order valence-electron chi connectivity index (χ2n) is 7.66. The molecule has 1 amide bonds. The summed E-state index contributed by atoms with van der Waals surface area (Å²) in [6.07, 6.45) is 2.44. The van der Waals surface area contributed by atoms with E-state index in [0.29, 0.717) is 24.5 Å². The van der Waals surface area contributed by atoms with Crippen LogP contribution in [0, 0.1) is 6.92 Å². The second kappa shape index (κ2) is 8.06. The number of rotatable bonds is 4. The Kier molecular flexibility index (Phi) is 5.12. The quantitative estimate of drug-likeness (QED) is 0.637. The number of piperazine rings is 1. The number of nitrogens with zero attached hydrogens (tertiary/aromatic N) is 6. The molecule has 0 saturated carbocycles. The Labute approximate surface area is 179 Å². The minimum Gasteiger partial charge on any atom is -0.356 e. The van der Waals surface area contributed by atoms with Crippen molar-refractivity contribution in [2.75, 3.05) is 49.1 Å². The fraction of sp³-hybridized carbons (Fsp3) is 0.429. The smallest absolute Gasteiger partial charge is 0.276 e. The van der Waals surface area contributed by atoms with Gasteiger partial charge < -0.3 is 19.2 Å². The van der Waals surface area contributed by atoms with E-state index in [2.05, 4.69) is 31.0 Å². The average Bonchev–Trinajstić information content (AvgIpc) is 3.55. The van der Waals surface area contributed by atoms with E-state index in [-0.39, 0.29) is 5.91 Å². The van der Waals surface area contributed by atoms with Crippen LogP contribution < -0.4 is 9.80 Å². The highest BCUT2D eigenvalue weighted by Crippen LogP contribution is 2.26. The van der Waals surface area contributed by atoms with E-state index in [1.807, 2.05) is 29.3 Å². The third-order valence-electron chi connectivity index (χ3n) is 5.63. The Morgan fingerprint density at radius 3 is 2.37 bits per heavy atom. The van der Waals surface area contributed by atoms with E-state index in [0.717, 1.165) is 48.5 Å². The lowest BCUT2D eigenvalue weighted by Gasteiger charge is -2.35. The van der Waals surface area contributed by atoms with Crippen LogP contribution in [0.25, 0.3) is 10.6 Å². The van der Waals surface area contributed by atoms with E-state index in [9.17, 15) is 4.79 Å². The highest BCUT2D eigenvalue weighted by Gasteiger charge is 2.26. The summed E-state index contributed by atoms with van der Waals surface area (Å²) in [5.41, 5.74) is 0.362. The van der Waals surface area contributed by atoms with E-state index in [1.165, 1.54) is 12.8 Å². The summed E-state index contributed by atoms with van der Waals surface area (Å²) >= 11 is 1.57. The molecule has 0 N–H and O–H groups in total. The number of amides is 1. The topological polar surface area (TPSA) is 78.6 Å². The van der Waals surface area contributed by atoms with Crippen molar-refractivity contribution < 1.29 is 9.32 Å². The summed E-state index contributed by atoms with van der Waals surface area (Å²) in [5, 5.41) is 5.97. The molecule has 3 aromatic heterocycles. The van der Waals surface area contributed by atoms with Crippen molar-refractivity contribution in [3.05, 3.63) is 41.2 Å². The lowest BCUT2D eigenvalue weighted by atomic mass is 10.2. The van der Waals surface area contributed by atoms with Gasteiger partial charge in [0.2, 0.25) is 0 Å². The lowest BCUT2D eigenvalue weighted by Crippen LogP contribution is -2.49. The van der Waals surface area contributed by atoms with Crippen molar-refractivity contribution in [2.45, 2.75) is 19.8 Å². The van der Waals surface area contributed by atoms with Crippen LogP contribution in [0.4, 0.5) is 11.6 Å². The highest BCUT2D eigenvalue weighted by molar-refractivity contribution is 7.13. The third-order valence-corrected chi connectivity index (χ3v) is 6.51. The van der Waals surface area contributed by atoms with Gasteiger partial charge in [0.1, 0.15) is 17.5 Å². The fourth-order valence-corrected chi connectivity index (χ4v) is 4.69. The average molecular weight is 425 g/mol. The van der Waals surface area contributed by atoms with Gasteiger partial charge in [-0.3, -0.25) is 4.79 Å². The number of aromatic nitrogens is 3. The standard InChI is InChI=1S/C21H24N6O2S/c1-15-22-19(25-6-2-3-7-25)14-20(23-15)26-8-10-27(11-9-26)21(28)16-13-17(29-24-16)18-5-4-12-30-18/h4-5,12-14H,2-3,6-11H2,1H3. The van der Waals surface area contributed by atoms with Gasteiger partial charge in [-0.25, -0.2) is 9.97 Å². The molecule has 0 radical (unpaired) electrons. The van der Waals surface area contributed by atoms with Crippen LogP contribution in [0.3, 0.4) is 0 Å². The monoisotopic (exact) mass is 424 g/mol. The molecule has 2 fully saturated rings. The number of carbonyl (C=O) groups is 1. The number of hydrogen-bond acceptors (Lipinski definition) is 8. The number of carbonyl (C=O) groups excluding carboxylic acids is 1. The van der Waals surface area contributed by atoms with Crippen molar-refractivity contribution in [3.63, 3.8) is 0 Å². The first-order chi connectivity index (χ1) is 14.7. The molecule has 3 aromatic rings. The molecule has 0 spiro atoms. The van der Waals surface area contributed by atoms with Crippen LogP contribution in [0.2, 0.25) is 0 Å². The first-order valence-electron chi connectivity index (χ1n) is 10.3. The number of aryl methyl sites for hydroxylation is 1. The zero-order chi connectivity index (χ0) is 20.5. The lowest BCUT2D eigenvalue weighted by molar-refractivity contribution is 0.0736. The van der Waals surface area contributed by atoms with E-state index >= 15 is 0 Å². The summed E-state index contributed by atoms with van der Waals surface area (Å²) < 4.78 is 5.37. The fourth-order valence-electron chi connectivity index (χ4n) is 4.02. The summed E-state index contributed by atoms with van der Waals surface area (Å²) in [7, 11) is 0. The zero-order valence-corrected chi connectivity index (χ0v) is 17.8. The van der Waals surface area contributed by atoms with Gasteiger partial charge in [0, 0.05) is 51.4 Å². The van der Waals surface area contributed by atoms with Crippen LogP contribution in [0.1, 0.15) is 29.2 Å². The van der Waals surface area contributed by atoms with Gasteiger partial charge in [0.05, 0.1) is 4.88 Å². The molecule has 0 aliphatic carbocycles. The maximum absolute atomic E-state index is 12.9. The molecule has 0 unspecified atom stereocenters. The predicted molar refractivity (Wildman–Crippen MR) is 116 cm³/mol. The largest absolute Gasteiger partial charge is 0.356 e. The molecule has 9 heteroatoms. The van der Waals surface area contributed by atoms with Crippen molar-refractivity contribution in [1.82, 2.24) is 20.0 Å². The molecule has 5 heterocycles. The number of hydrogen-bond donors (Lipinski definition) is 0. The number of anilines is 2. The first kappa shape index (κ1) is 19.0. The molecular formula is C21H24N6O2S. The molecule has 2 aliphatic heterocycles. The highest BCUT2D eigenvalue weighted by atomic mass is 32.1. The van der Waals surface area contributed by atoms with Gasteiger partial charge in [-0.1, -0.05) is 11.2 Å². The molecule has 5 rings (SSSR count). The molecule has 30 heavy (non-hydrogen) atoms. The van der Waals surface area contributed by atoms with Gasteiger partial charge in [-0.15, -0.1) is 11.3 Å². The summed E-state index contributed by atoms with van der Waals surface area (Å²) in [6, 6.07) is 7.73. The van der Waals surface area contributed by atoms with Crippen LogP contribution in [0.5, 0.6) is 0 Å². The Balaban J connectivity index is 1.25. The van der Waals surface area contributed by atoms with Crippen LogP contribution in [-0.4, -0.2) is 65.2 Å². The van der Waals surface area contributed by atoms with E-state index < -0.39 is 0 Å². The maximum atomic E-state index is 12.9. The van der Waals surface area contributed by atoms with E-state index in [1.54, 1.807) is 17.4 Å². The normalized spacial score (nSPS) is 17.0. The SMILES string of the molecule is Cc1nc(N2CCCC2)cc(N2CCN(C(=O)c3cc(-c4cccs4)on3)CC2)n1. The van der Waals surface area contributed by atoms with Crippen LogP contribution in [0.15, 0.2) is 34.2 Å². The summed E-state index contributed by atoms with van der Waals surface area (Å²) in [5.74, 6) is 3.29. The summed E-state index contributed by atoms with van der Waals surface area (Å²) in [4.78, 5) is 29.5. The molecule has 8 nitrogen and oxygen atoms in total. The Bertz CT molecular complexity index is 1020. The molecule has 2 saturated heterocycles. The van der Waals surface area contributed by atoms with Crippen molar-refractivity contribution in [3.8, 4) is 10.6 Å². The van der Waals surface area contributed by atoms with Gasteiger partial charge >= 0.3 is 0 Å². The minimum atomic E-state index is -0.0853. The molecule has 0 aromatic carbocycles. The number of thiophene rings is 1. The first-order valence-corrected chi connectivity index (χ1v) is 11.2. The minimum absolute atomic E-state index is 0.0853. The Morgan fingerprint density at radius 1 is 1.00 bits per heavy atom. The second-order valence-corrected chi connectivity index (χ2v) is 8.61.